The van der Waals surface area contributed by atoms with Crippen LogP contribution in [0.5, 0.6) is 0 Å². The predicted octanol–water partition coefficient (Wildman–Crippen LogP) is 1.84. The number of halogens is 2. The van der Waals surface area contributed by atoms with Crippen molar-refractivity contribution >= 4 is 34.7 Å². The molecule has 0 atom stereocenters. The van der Waals surface area contributed by atoms with Crippen molar-refractivity contribution in [3.05, 3.63) is 34.6 Å². The van der Waals surface area contributed by atoms with Crippen molar-refractivity contribution in [1.82, 2.24) is 4.90 Å². The second kappa shape index (κ2) is 5.23. The van der Waals surface area contributed by atoms with E-state index in [0.29, 0.717) is 0 Å². The summed E-state index contributed by atoms with van der Waals surface area (Å²) in [6.45, 7) is 0.151. The molecule has 86 valence electrons. The first-order valence-electron chi connectivity index (χ1n) is 4.40. The summed E-state index contributed by atoms with van der Waals surface area (Å²) in [5, 5.41) is -0.0199. The predicted molar refractivity (Wildman–Crippen MR) is 65.2 cm³/mol. The number of rotatable bonds is 3. The van der Waals surface area contributed by atoms with E-state index >= 15 is 0 Å². The van der Waals surface area contributed by atoms with Gasteiger partial charge in [0.25, 0.3) is 5.91 Å². The smallest absolute Gasteiger partial charge is 0.254 e. The van der Waals surface area contributed by atoms with Crippen LogP contribution in [0.2, 0.25) is 5.02 Å². The van der Waals surface area contributed by atoms with Crippen LogP contribution in [0.4, 0.5) is 4.39 Å². The molecule has 1 rings (SSSR count). The average molecular weight is 261 g/mol. The Morgan fingerprint density at radius 1 is 1.62 bits per heavy atom. The number of carbonyl (C=O) groups is 1. The third-order valence-electron chi connectivity index (χ3n) is 1.91. The number of amides is 1. The Morgan fingerprint density at radius 3 is 2.75 bits per heavy atom. The van der Waals surface area contributed by atoms with E-state index in [-0.39, 0.29) is 28.0 Å². The molecule has 0 aromatic heterocycles. The first-order chi connectivity index (χ1) is 7.41. The van der Waals surface area contributed by atoms with Crippen molar-refractivity contribution in [3.63, 3.8) is 0 Å². The summed E-state index contributed by atoms with van der Waals surface area (Å²) in [5.74, 6) is -0.986. The van der Waals surface area contributed by atoms with Crippen LogP contribution in [-0.4, -0.2) is 29.4 Å². The SMILES string of the molecule is CN(CC(N)=S)C(=O)c1ccc(Cl)c(F)c1. The van der Waals surface area contributed by atoms with E-state index in [4.69, 9.17) is 17.3 Å². The Bertz CT molecular complexity index is 439. The summed E-state index contributed by atoms with van der Waals surface area (Å²) in [7, 11) is 1.54. The van der Waals surface area contributed by atoms with Crippen molar-refractivity contribution in [2.24, 2.45) is 5.73 Å². The van der Waals surface area contributed by atoms with Crippen molar-refractivity contribution < 1.29 is 9.18 Å². The van der Waals surface area contributed by atoms with Gasteiger partial charge in [-0.3, -0.25) is 4.79 Å². The number of thiocarbonyl (C=S) groups is 1. The number of nitrogens with zero attached hydrogens (tertiary/aromatic N) is 1. The third-order valence-corrected chi connectivity index (χ3v) is 2.34. The van der Waals surface area contributed by atoms with Gasteiger partial charge in [-0.1, -0.05) is 23.8 Å². The number of nitrogens with two attached hydrogens (primary N) is 1. The van der Waals surface area contributed by atoms with Crippen LogP contribution in [0.15, 0.2) is 18.2 Å². The lowest BCUT2D eigenvalue weighted by molar-refractivity contribution is 0.0814. The molecule has 6 heteroatoms. The summed E-state index contributed by atoms with van der Waals surface area (Å²) in [5.41, 5.74) is 5.51. The van der Waals surface area contributed by atoms with Gasteiger partial charge in [0.2, 0.25) is 0 Å². The van der Waals surface area contributed by atoms with Crippen LogP contribution in [0.1, 0.15) is 10.4 Å². The van der Waals surface area contributed by atoms with Gasteiger partial charge in [-0.05, 0) is 18.2 Å². The van der Waals surface area contributed by atoms with Gasteiger partial charge in [-0.25, -0.2) is 4.39 Å². The molecule has 0 aliphatic rings. The second-order valence-corrected chi connectivity index (χ2v) is 4.19. The molecular weight excluding hydrogens is 251 g/mol. The maximum atomic E-state index is 13.1. The minimum atomic E-state index is -0.628. The molecule has 1 aromatic rings. The van der Waals surface area contributed by atoms with Gasteiger partial charge in [0.15, 0.2) is 0 Å². The first kappa shape index (κ1) is 12.9. The Hall–Kier alpha value is -1.20. The maximum absolute atomic E-state index is 13.1. The number of benzene rings is 1. The van der Waals surface area contributed by atoms with Crippen molar-refractivity contribution in [1.29, 1.82) is 0 Å². The van der Waals surface area contributed by atoms with Gasteiger partial charge in [0, 0.05) is 12.6 Å². The van der Waals surface area contributed by atoms with E-state index < -0.39 is 5.82 Å². The van der Waals surface area contributed by atoms with Crippen molar-refractivity contribution in [3.8, 4) is 0 Å². The molecule has 0 spiro atoms. The summed E-state index contributed by atoms with van der Waals surface area (Å²) in [6, 6.07) is 3.86. The summed E-state index contributed by atoms with van der Waals surface area (Å²) in [6.07, 6.45) is 0. The van der Waals surface area contributed by atoms with Gasteiger partial charge < -0.3 is 10.6 Å². The number of carbonyl (C=O) groups excluding carboxylic acids is 1. The molecule has 0 saturated carbocycles. The van der Waals surface area contributed by atoms with Gasteiger partial charge in [0.05, 0.1) is 16.6 Å². The molecule has 0 radical (unpaired) electrons. The average Bonchev–Trinajstić information content (AvgIpc) is 2.20. The van der Waals surface area contributed by atoms with Crippen molar-refractivity contribution in [2.45, 2.75) is 0 Å². The zero-order chi connectivity index (χ0) is 12.3. The highest BCUT2D eigenvalue weighted by Crippen LogP contribution is 2.16. The Balaban J connectivity index is 2.88. The number of likely N-dealkylation sites (N-methyl/N-ethyl adjacent to an activating group) is 1. The zero-order valence-corrected chi connectivity index (χ0v) is 10.1. The lowest BCUT2D eigenvalue weighted by atomic mass is 10.2. The van der Waals surface area contributed by atoms with Gasteiger partial charge in [-0.15, -0.1) is 0 Å². The second-order valence-electron chi connectivity index (χ2n) is 3.26. The molecule has 0 heterocycles. The third kappa shape index (κ3) is 3.15. The fourth-order valence-corrected chi connectivity index (χ4v) is 1.47. The molecule has 1 amide bonds. The Labute approximate surface area is 103 Å². The molecule has 0 saturated heterocycles. The normalized spacial score (nSPS) is 9.94. The van der Waals surface area contributed by atoms with E-state index in [1.54, 1.807) is 0 Å². The van der Waals surface area contributed by atoms with E-state index in [1.807, 2.05) is 0 Å². The molecule has 3 nitrogen and oxygen atoms in total. The summed E-state index contributed by atoms with van der Waals surface area (Å²) >= 11 is 10.2. The number of hydrogen-bond acceptors (Lipinski definition) is 2. The Morgan fingerprint density at radius 2 is 2.25 bits per heavy atom. The number of hydrogen-bond donors (Lipinski definition) is 1. The molecule has 0 unspecified atom stereocenters. The molecule has 1 aromatic carbocycles. The largest absolute Gasteiger partial charge is 0.392 e. The van der Waals surface area contributed by atoms with E-state index in [1.165, 1.54) is 24.1 Å². The lowest BCUT2D eigenvalue weighted by Crippen LogP contribution is -2.34. The van der Waals surface area contributed by atoms with Gasteiger partial charge in [-0.2, -0.15) is 0 Å². The molecular formula is C10H10ClFN2OS. The Kier molecular flexibility index (Phi) is 4.20. The van der Waals surface area contributed by atoms with Crippen LogP contribution in [0.3, 0.4) is 0 Å². The highest BCUT2D eigenvalue weighted by Gasteiger charge is 2.13. The lowest BCUT2D eigenvalue weighted by Gasteiger charge is -2.16. The highest BCUT2D eigenvalue weighted by atomic mass is 35.5. The first-order valence-corrected chi connectivity index (χ1v) is 5.19. The van der Waals surface area contributed by atoms with Crippen molar-refractivity contribution in [2.75, 3.05) is 13.6 Å². The van der Waals surface area contributed by atoms with Gasteiger partial charge >= 0.3 is 0 Å². The van der Waals surface area contributed by atoms with Crippen LogP contribution in [-0.2, 0) is 0 Å². The van der Waals surface area contributed by atoms with E-state index in [0.717, 1.165) is 6.07 Å². The van der Waals surface area contributed by atoms with E-state index in [2.05, 4.69) is 12.2 Å². The summed E-state index contributed by atoms with van der Waals surface area (Å²) < 4.78 is 13.1. The molecule has 0 aliphatic carbocycles. The molecule has 2 N–H and O–H groups in total. The molecule has 0 bridgehead atoms. The highest BCUT2D eigenvalue weighted by molar-refractivity contribution is 7.80. The van der Waals surface area contributed by atoms with Crippen LogP contribution < -0.4 is 5.73 Å². The summed E-state index contributed by atoms with van der Waals surface area (Å²) in [4.78, 5) is 13.3. The molecule has 0 fully saturated rings. The zero-order valence-electron chi connectivity index (χ0n) is 8.54. The van der Waals surface area contributed by atoms with Crippen LogP contribution in [0, 0.1) is 5.82 Å². The van der Waals surface area contributed by atoms with Crippen LogP contribution in [0.25, 0.3) is 0 Å². The fourth-order valence-electron chi connectivity index (χ4n) is 1.16. The fraction of sp³-hybridized carbons (Fsp3) is 0.200. The molecule has 0 aliphatic heterocycles. The minimum Gasteiger partial charge on any atom is -0.392 e. The van der Waals surface area contributed by atoms with Gasteiger partial charge in [0.1, 0.15) is 5.82 Å². The standard InChI is InChI=1S/C10H10ClFN2OS/c1-14(5-9(13)16)10(15)6-2-3-7(11)8(12)4-6/h2-4H,5H2,1H3,(H2,13,16). The quantitative estimate of drug-likeness (QED) is 0.844. The topological polar surface area (TPSA) is 46.3 Å². The molecule has 16 heavy (non-hydrogen) atoms. The minimum absolute atomic E-state index is 0.0199. The maximum Gasteiger partial charge on any atom is 0.254 e. The monoisotopic (exact) mass is 260 g/mol. The van der Waals surface area contributed by atoms with E-state index in [9.17, 15) is 9.18 Å². The van der Waals surface area contributed by atoms with Crippen LogP contribution >= 0.6 is 23.8 Å².